The topological polar surface area (TPSA) is 25.2 Å². The van der Waals surface area contributed by atoms with E-state index < -0.39 is 0 Å². The van der Waals surface area contributed by atoms with Crippen molar-refractivity contribution in [2.75, 3.05) is 12.3 Å². The molecule has 4 atom stereocenters. The van der Waals surface area contributed by atoms with Crippen molar-refractivity contribution in [2.45, 2.75) is 42.6 Å². The van der Waals surface area contributed by atoms with Crippen molar-refractivity contribution >= 4 is 39.5 Å². The van der Waals surface area contributed by atoms with Crippen molar-refractivity contribution < 1.29 is 4.42 Å². The van der Waals surface area contributed by atoms with Gasteiger partial charge in [-0.05, 0) is 28.5 Å². The minimum absolute atomic E-state index is 0.298. The molecule has 1 saturated heterocycles. The van der Waals surface area contributed by atoms with Crippen molar-refractivity contribution in [3.63, 3.8) is 0 Å². The fourth-order valence-electron chi connectivity index (χ4n) is 2.12. The molecule has 0 bridgehead atoms. The Labute approximate surface area is 126 Å². The molecular weight excluding hydrogens is 330 g/mol. The van der Waals surface area contributed by atoms with Gasteiger partial charge in [-0.25, -0.2) is 0 Å². The summed E-state index contributed by atoms with van der Waals surface area (Å²) < 4.78 is 6.74. The number of halogens is 1. The third-order valence-electron chi connectivity index (χ3n) is 3.30. The van der Waals surface area contributed by atoms with Gasteiger partial charge in [0.15, 0.2) is 0 Å². The van der Waals surface area contributed by atoms with Crippen molar-refractivity contribution in [1.82, 2.24) is 5.32 Å². The lowest BCUT2D eigenvalue weighted by Crippen LogP contribution is -2.37. The van der Waals surface area contributed by atoms with Crippen LogP contribution in [0.2, 0.25) is 0 Å². The summed E-state index contributed by atoms with van der Waals surface area (Å²) in [6.45, 7) is 7.76. The van der Waals surface area contributed by atoms with E-state index in [2.05, 4.69) is 65.5 Å². The first-order chi connectivity index (χ1) is 8.63. The Hall–Kier alpha value is 0.420. The second-order valence-corrected chi connectivity index (χ2v) is 8.47. The fraction of sp³-hybridized carbons (Fsp3) is 0.692. The molecule has 0 radical (unpaired) electrons. The maximum absolute atomic E-state index is 5.66. The van der Waals surface area contributed by atoms with E-state index in [0.29, 0.717) is 16.5 Å². The van der Waals surface area contributed by atoms with Crippen LogP contribution in [0.1, 0.15) is 32.6 Å². The average molecular weight is 350 g/mol. The van der Waals surface area contributed by atoms with Gasteiger partial charge in [-0.1, -0.05) is 20.8 Å². The van der Waals surface area contributed by atoms with Crippen LogP contribution in [-0.4, -0.2) is 28.0 Å². The summed E-state index contributed by atoms with van der Waals surface area (Å²) in [6, 6.07) is 2.28. The largest absolute Gasteiger partial charge is 0.466 e. The van der Waals surface area contributed by atoms with Gasteiger partial charge in [-0.2, -0.15) is 23.5 Å². The highest BCUT2D eigenvalue weighted by atomic mass is 79.9. The van der Waals surface area contributed by atoms with Crippen molar-refractivity contribution in [3.05, 3.63) is 22.6 Å². The smallest absolute Gasteiger partial charge is 0.135 e. The van der Waals surface area contributed by atoms with Crippen molar-refractivity contribution in [1.29, 1.82) is 0 Å². The number of hydrogen-bond donors (Lipinski definition) is 1. The quantitative estimate of drug-likeness (QED) is 0.874. The molecule has 5 heteroatoms. The number of thioether (sulfide) groups is 2. The lowest BCUT2D eigenvalue weighted by Gasteiger charge is -2.35. The number of furan rings is 1. The molecule has 1 aliphatic rings. The van der Waals surface area contributed by atoms with Crippen LogP contribution in [0.3, 0.4) is 0 Å². The van der Waals surface area contributed by atoms with Gasteiger partial charge in [0.05, 0.1) is 16.8 Å². The molecule has 0 amide bonds. The molecular formula is C13H20BrNOS2. The minimum atomic E-state index is 0.298. The predicted molar refractivity (Wildman–Crippen MR) is 85.6 cm³/mol. The molecule has 1 fully saturated rings. The highest BCUT2D eigenvalue weighted by Gasteiger charge is 2.33. The Morgan fingerprint density at radius 1 is 1.50 bits per heavy atom. The van der Waals surface area contributed by atoms with E-state index in [1.54, 1.807) is 6.26 Å². The van der Waals surface area contributed by atoms with E-state index in [1.807, 2.05) is 6.07 Å². The highest BCUT2D eigenvalue weighted by Crippen LogP contribution is 2.42. The molecule has 102 valence electrons. The summed E-state index contributed by atoms with van der Waals surface area (Å²) in [6.07, 6.45) is 1.76. The standard InChI is InChI=1S/C13H20BrNOS2/c1-4-15-12(13-10(14)5-6-16-13)11-7-17-8(2)9(3)18-11/h5-6,8-9,11-12,15H,4,7H2,1-3H3. The molecule has 4 unspecified atom stereocenters. The summed E-state index contributed by atoms with van der Waals surface area (Å²) in [5.41, 5.74) is 0. The molecule has 2 rings (SSSR count). The molecule has 0 saturated carbocycles. The number of hydrogen-bond acceptors (Lipinski definition) is 4. The molecule has 0 spiro atoms. The summed E-state index contributed by atoms with van der Waals surface area (Å²) in [5, 5.41) is 5.59. The Kier molecular flexibility index (Phi) is 5.54. The number of rotatable bonds is 4. The van der Waals surface area contributed by atoms with Crippen LogP contribution in [0, 0.1) is 0 Å². The van der Waals surface area contributed by atoms with Crippen LogP contribution >= 0.6 is 39.5 Å². The molecule has 2 heterocycles. The van der Waals surface area contributed by atoms with Crippen LogP contribution in [-0.2, 0) is 0 Å². The second-order valence-electron chi connectivity index (χ2n) is 4.59. The Balaban J connectivity index is 2.13. The van der Waals surface area contributed by atoms with Gasteiger partial charge in [0.25, 0.3) is 0 Å². The Morgan fingerprint density at radius 2 is 2.28 bits per heavy atom. The molecule has 2 nitrogen and oxygen atoms in total. The third-order valence-corrected chi connectivity index (χ3v) is 7.45. The summed E-state index contributed by atoms with van der Waals surface area (Å²) in [4.78, 5) is 0. The zero-order chi connectivity index (χ0) is 13.1. The van der Waals surface area contributed by atoms with Gasteiger partial charge in [0.1, 0.15) is 5.76 Å². The minimum Gasteiger partial charge on any atom is -0.466 e. The summed E-state index contributed by atoms with van der Waals surface area (Å²) in [5.74, 6) is 2.22. The predicted octanol–water partition coefficient (Wildman–Crippen LogP) is 4.32. The normalized spacial score (nSPS) is 30.3. The Morgan fingerprint density at radius 3 is 2.83 bits per heavy atom. The lowest BCUT2D eigenvalue weighted by atomic mass is 10.1. The van der Waals surface area contributed by atoms with Crippen molar-refractivity contribution in [3.8, 4) is 0 Å². The summed E-state index contributed by atoms with van der Waals surface area (Å²) in [7, 11) is 0. The van der Waals surface area contributed by atoms with Crippen LogP contribution in [0.5, 0.6) is 0 Å². The molecule has 1 aliphatic heterocycles. The maximum Gasteiger partial charge on any atom is 0.135 e. The van der Waals surface area contributed by atoms with Gasteiger partial charge in [-0.3, -0.25) is 0 Å². The fourth-order valence-corrected chi connectivity index (χ4v) is 5.66. The van der Waals surface area contributed by atoms with Crippen LogP contribution < -0.4 is 5.32 Å². The van der Waals surface area contributed by atoms with Crippen LogP contribution in [0.15, 0.2) is 21.2 Å². The van der Waals surface area contributed by atoms with Gasteiger partial charge in [-0.15, -0.1) is 0 Å². The van der Waals surface area contributed by atoms with E-state index in [4.69, 9.17) is 4.42 Å². The molecule has 1 aromatic rings. The molecule has 1 N–H and O–H groups in total. The molecule has 18 heavy (non-hydrogen) atoms. The third kappa shape index (κ3) is 3.30. The van der Waals surface area contributed by atoms with Crippen molar-refractivity contribution in [2.24, 2.45) is 0 Å². The Bertz CT molecular complexity index is 385. The summed E-state index contributed by atoms with van der Waals surface area (Å²) >= 11 is 7.74. The SMILES string of the molecule is CCNC(c1occc1Br)C1CSC(C)C(C)S1. The zero-order valence-corrected chi connectivity index (χ0v) is 14.2. The maximum atomic E-state index is 5.66. The zero-order valence-electron chi connectivity index (χ0n) is 11.0. The van der Waals surface area contributed by atoms with Gasteiger partial charge >= 0.3 is 0 Å². The van der Waals surface area contributed by atoms with E-state index in [-0.39, 0.29) is 0 Å². The van der Waals surface area contributed by atoms with Gasteiger partial charge in [0, 0.05) is 21.5 Å². The van der Waals surface area contributed by atoms with E-state index in [0.717, 1.165) is 22.0 Å². The van der Waals surface area contributed by atoms with Gasteiger partial charge in [0.2, 0.25) is 0 Å². The van der Waals surface area contributed by atoms with E-state index in [9.17, 15) is 0 Å². The number of nitrogens with one attached hydrogen (secondary N) is 1. The van der Waals surface area contributed by atoms with E-state index in [1.165, 1.54) is 5.75 Å². The average Bonchev–Trinajstić information content (AvgIpc) is 2.76. The van der Waals surface area contributed by atoms with E-state index >= 15 is 0 Å². The molecule has 1 aromatic heterocycles. The molecule has 0 aromatic carbocycles. The van der Waals surface area contributed by atoms with Crippen LogP contribution in [0.4, 0.5) is 0 Å². The van der Waals surface area contributed by atoms with Crippen LogP contribution in [0.25, 0.3) is 0 Å². The first kappa shape index (κ1) is 14.8. The highest BCUT2D eigenvalue weighted by molar-refractivity contribution is 9.10. The molecule has 0 aliphatic carbocycles. The monoisotopic (exact) mass is 349 g/mol. The first-order valence-electron chi connectivity index (χ1n) is 6.36. The first-order valence-corrected chi connectivity index (χ1v) is 9.15. The lowest BCUT2D eigenvalue weighted by molar-refractivity contribution is 0.414. The second kappa shape index (κ2) is 6.73. The van der Waals surface area contributed by atoms with Gasteiger partial charge < -0.3 is 9.73 Å².